The highest BCUT2D eigenvalue weighted by Crippen LogP contribution is 2.31. The summed E-state index contributed by atoms with van der Waals surface area (Å²) >= 11 is 6.05. The van der Waals surface area contributed by atoms with E-state index in [1.165, 1.54) is 11.4 Å². The molecule has 9 heteroatoms. The molecule has 37 heavy (non-hydrogen) atoms. The van der Waals surface area contributed by atoms with E-state index in [0.29, 0.717) is 31.0 Å². The first-order valence-corrected chi connectivity index (χ1v) is 13.8. The Kier molecular flexibility index (Phi) is 8.19. The first-order valence-electron chi connectivity index (χ1n) is 12.0. The maximum Gasteiger partial charge on any atom is 0.308 e. The average Bonchev–Trinajstić information content (AvgIpc) is 2.92. The van der Waals surface area contributed by atoms with Crippen molar-refractivity contribution in [3.8, 4) is 0 Å². The SMILES string of the molecule is COC(=O)C1CCN(C(=O)c2ccccc2N(Cc2ccc(Cl)cc2)S(=O)(=O)c2ccc(C)cc2)CC1. The molecule has 1 aliphatic heterocycles. The van der Waals surface area contributed by atoms with Crippen LogP contribution < -0.4 is 4.31 Å². The third-order valence-corrected chi connectivity index (χ3v) is 8.59. The summed E-state index contributed by atoms with van der Waals surface area (Å²) in [5.41, 5.74) is 2.23. The van der Waals surface area contributed by atoms with Crippen LogP contribution in [0.5, 0.6) is 0 Å². The number of likely N-dealkylation sites (tertiary alicyclic amines) is 1. The molecule has 194 valence electrons. The van der Waals surface area contributed by atoms with Gasteiger partial charge in [-0.3, -0.25) is 13.9 Å². The minimum Gasteiger partial charge on any atom is -0.469 e. The van der Waals surface area contributed by atoms with Crippen molar-refractivity contribution in [1.82, 2.24) is 4.90 Å². The molecule has 0 atom stereocenters. The number of methoxy groups -OCH3 is 1. The van der Waals surface area contributed by atoms with Gasteiger partial charge in [0.1, 0.15) is 0 Å². The summed E-state index contributed by atoms with van der Waals surface area (Å²) in [4.78, 5) is 27.4. The second-order valence-corrected chi connectivity index (χ2v) is 11.4. The van der Waals surface area contributed by atoms with Crippen molar-refractivity contribution in [1.29, 1.82) is 0 Å². The largest absolute Gasteiger partial charge is 0.469 e. The Balaban J connectivity index is 1.72. The number of para-hydroxylation sites is 1. The number of benzene rings is 3. The van der Waals surface area contributed by atoms with Gasteiger partial charge in [0.15, 0.2) is 0 Å². The van der Waals surface area contributed by atoms with Crippen LogP contribution in [0.4, 0.5) is 5.69 Å². The van der Waals surface area contributed by atoms with Gasteiger partial charge in [0.05, 0.1) is 35.7 Å². The number of nitrogens with zero attached hydrogens (tertiary/aromatic N) is 2. The van der Waals surface area contributed by atoms with Crippen LogP contribution in [0.15, 0.2) is 77.7 Å². The van der Waals surface area contributed by atoms with Crippen LogP contribution >= 0.6 is 11.6 Å². The van der Waals surface area contributed by atoms with Crippen LogP contribution in [0.25, 0.3) is 0 Å². The molecule has 3 aromatic carbocycles. The van der Waals surface area contributed by atoms with Crippen LogP contribution in [-0.2, 0) is 26.1 Å². The Morgan fingerprint density at radius 1 is 0.973 bits per heavy atom. The number of rotatable bonds is 7. The Hall–Kier alpha value is -3.36. The zero-order valence-electron chi connectivity index (χ0n) is 20.8. The lowest BCUT2D eigenvalue weighted by atomic mass is 9.96. The molecule has 0 saturated carbocycles. The van der Waals surface area contributed by atoms with Crippen molar-refractivity contribution in [3.63, 3.8) is 0 Å². The van der Waals surface area contributed by atoms with Crippen LogP contribution in [-0.4, -0.2) is 45.4 Å². The summed E-state index contributed by atoms with van der Waals surface area (Å²) < 4.78 is 34.0. The fourth-order valence-electron chi connectivity index (χ4n) is 4.42. The number of anilines is 1. The molecular weight excluding hydrogens is 512 g/mol. The van der Waals surface area contributed by atoms with Gasteiger partial charge in [0.25, 0.3) is 15.9 Å². The average molecular weight is 541 g/mol. The van der Waals surface area contributed by atoms with Gasteiger partial charge in [-0.2, -0.15) is 0 Å². The fraction of sp³-hybridized carbons (Fsp3) is 0.286. The van der Waals surface area contributed by atoms with Crippen LogP contribution in [0.1, 0.15) is 34.3 Å². The molecule has 0 radical (unpaired) electrons. The molecule has 1 amide bonds. The summed E-state index contributed by atoms with van der Waals surface area (Å²) in [6, 6.07) is 20.3. The van der Waals surface area contributed by atoms with Gasteiger partial charge in [0, 0.05) is 18.1 Å². The zero-order chi connectivity index (χ0) is 26.6. The van der Waals surface area contributed by atoms with Crippen molar-refractivity contribution in [2.45, 2.75) is 31.2 Å². The van der Waals surface area contributed by atoms with E-state index in [1.54, 1.807) is 77.7 Å². The third kappa shape index (κ3) is 5.97. The standard InChI is InChI=1S/C28H29ClN2O5S/c1-20-7-13-24(14-8-20)37(34,35)31(19-21-9-11-23(29)12-10-21)26-6-4-3-5-25(26)27(32)30-17-15-22(16-18-30)28(33)36-2/h3-14,22H,15-19H2,1-2H3. The van der Waals surface area contributed by atoms with Gasteiger partial charge in [0.2, 0.25) is 0 Å². The van der Waals surface area contributed by atoms with E-state index >= 15 is 0 Å². The summed E-state index contributed by atoms with van der Waals surface area (Å²) in [7, 11) is -2.66. The first kappa shape index (κ1) is 26.7. The van der Waals surface area contributed by atoms with Gasteiger partial charge in [-0.15, -0.1) is 0 Å². The Bertz CT molecular complexity index is 1370. The summed E-state index contributed by atoms with van der Waals surface area (Å²) in [6.07, 6.45) is 0.994. The summed E-state index contributed by atoms with van der Waals surface area (Å²) in [5, 5.41) is 0.544. The second-order valence-electron chi connectivity index (χ2n) is 9.06. The maximum absolute atomic E-state index is 13.9. The number of hydrogen-bond donors (Lipinski definition) is 0. The van der Waals surface area contributed by atoms with Crippen molar-refractivity contribution in [3.05, 3.63) is 94.5 Å². The predicted molar refractivity (Wildman–Crippen MR) is 143 cm³/mol. The number of aryl methyl sites for hydroxylation is 1. The summed E-state index contributed by atoms with van der Waals surface area (Å²) in [6.45, 7) is 2.67. The molecule has 0 aromatic heterocycles. The molecule has 1 saturated heterocycles. The van der Waals surface area contributed by atoms with Crippen LogP contribution in [0.2, 0.25) is 5.02 Å². The lowest BCUT2D eigenvalue weighted by molar-refractivity contribution is -0.146. The molecule has 1 aliphatic rings. The van der Waals surface area contributed by atoms with Crippen molar-refractivity contribution in [2.75, 3.05) is 24.5 Å². The Labute approximate surface area is 222 Å². The molecule has 1 heterocycles. The molecule has 0 N–H and O–H groups in total. The number of halogens is 1. The predicted octanol–water partition coefficient (Wildman–Crippen LogP) is 5.07. The number of ether oxygens (including phenoxy) is 1. The molecule has 0 spiro atoms. The minimum atomic E-state index is -4.02. The highest BCUT2D eigenvalue weighted by Gasteiger charge is 2.32. The molecule has 4 rings (SSSR count). The van der Waals surface area contributed by atoms with E-state index < -0.39 is 10.0 Å². The van der Waals surface area contributed by atoms with Crippen LogP contribution in [0, 0.1) is 12.8 Å². The van der Waals surface area contributed by atoms with E-state index in [9.17, 15) is 18.0 Å². The molecule has 0 bridgehead atoms. The second kappa shape index (κ2) is 11.4. The number of piperidine rings is 1. The Morgan fingerprint density at radius 3 is 2.22 bits per heavy atom. The van der Waals surface area contributed by atoms with E-state index in [-0.39, 0.29) is 40.5 Å². The smallest absolute Gasteiger partial charge is 0.308 e. The Morgan fingerprint density at radius 2 is 1.59 bits per heavy atom. The van der Waals surface area contributed by atoms with E-state index in [1.807, 2.05) is 6.92 Å². The molecule has 1 fully saturated rings. The quantitative estimate of drug-likeness (QED) is 0.391. The van der Waals surface area contributed by atoms with Gasteiger partial charge in [-0.05, 0) is 61.7 Å². The van der Waals surface area contributed by atoms with E-state index in [0.717, 1.165) is 11.1 Å². The highest BCUT2D eigenvalue weighted by molar-refractivity contribution is 7.92. The number of carbonyl (C=O) groups is 2. The molecule has 0 unspecified atom stereocenters. The lowest BCUT2D eigenvalue weighted by Crippen LogP contribution is -2.41. The molecule has 7 nitrogen and oxygen atoms in total. The number of sulfonamides is 1. The zero-order valence-corrected chi connectivity index (χ0v) is 22.3. The number of amides is 1. The molecule has 0 aliphatic carbocycles. The van der Waals surface area contributed by atoms with Crippen molar-refractivity contribution >= 4 is 39.2 Å². The van der Waals surface area contributed by atoms with Gasteiger partial charge < -0.3 is 9.64 Å². The van der Waals surface area contributed by atoms with Crippen molar-refractivity contribution < 1.29 is 22.7 Å². The minimum absolute atomic E-state index is 0.0160. The summed E-state index contributed by atoms with van der Waals surface area (Å²) in [5.74, 6) is -0.794. The van der Waals surface area contributed by atoms with Gasteiger partial charge >= 0.3 is 5.97 Å². The molecule has 3 aromatic rings. The number of esters is 1. The van der Waals surface area contributed by atoms with Gasteiger partial charge in [-0.1, -0.05) is 53.6 Å². The van der Waals surface area contributed by atoms with Crippen molar-refractivity contribution in [2.24, 2.45) is 5.92 Å². The topological polar surface area (TPSA) is 84.0 Å². The maximum atomic E-state index is 13.9. The van der Waals surface area contributed by atoms with Crippen LogP contribution in [0.3, 0.4) is 0 Å². The number of carbonyl (C=O) groups excluding carboxylic acids is 2. The van der Waals surface area contributed by atoms with Gasteiger partial charge in [-0.25, -0.2) is 8.42 Å². The highest BCUT2D eigenvalue weighted by atomic mass is 35.5. The molecular formula is C28H29ClN2O5S. The van der Waals surface area contributed by atoms with E-state index in [2.05, 4.69) is 0 Å². The third-order valence-electron chi connectivity index (χ3n) is 6.57. The van der Waals surface area contributed by atoms with E-state index in [4.69, 9.17) is 16.3 Å². The number of hydrogen-bond acceptors (Lipinski definition) is 5. The first-order chi connectivity index (χ1) is 17.7. The lowest BCUT2D eigenvalue weighted by Gasteiger charge is -2.32. The monoisotopic (exact) mass is 540 g/mol. The normalized spacial score (nSPS) is 14.3. The fourth-order valence-corrected chi connectivity index (χ4v) is 6.02.